The number of aromatic nitrogens is 2. The van der Waals surface area contributed by atoms with Gasteiger partial charge in [0.15, 0.2) is 0 Å². The molecule has 82 valence electrons. The summed E-state index contributed by atoms with van der Waals surface area (Å²) in [4.78, 5) is 11.8. The lowest BCUT2D eigenvalue weighted by Gasteiger charge is -2.10. The second kappa shape index (κ2) is 4.87. The first-order valence-corrected chi connectivity index (χ1v) is 5.18. The predicted molar refractivity (Wildman–Crippen MR) is 58.7 cm³/mol. The maximum atomic E-state index is 11.8. The van der Waals surface area contributed by atoms with E-state index in [4.69, 9.17) is 0 Å². The average molecular weight is 207 g/mol. The van der Waals surface area contributed by atoms with E-state index < -0.39 is 0 Å². The van der Waals surface area contributed by atoms with E-state index in [1.807, 2.05) is 27.7 Å². The van der Waals surface area contributed by atoms with Crippen molar-refractivity contribution in [3.63, 3.8) is 0 Å². The van der Waals surface area contributed by atoms with E-state index >= 15 is 0 Å². The molecule has 0 bridgehead atoms. The molecule has 0 saturated heterocycles. The highest BCUT2D eigenvalue weighted by atomic mass is 16.1. The fourth-order valence-corrected chi connectivity index (χ4v) is 1.31. The van der Waals surface area contributed by atoms with Gasteiger partial charge in [0.2, 0.25) is 0 Å². The topological polar surface area (TPSA) is 54.9 Å². The van der Waals surface area contributed by atoms with Crippen molar-refractivity contribution in [3.05, 3.63) is 23.0 Å². The molecule has 4 nitrogen and oxygen atoms in total. The summed E-state index contributed by atoms with van der Waals surface area (Å²) in [5.41, 5.74) is 2.15. The first kappa shape index (κ1) is 11.6. The van der Waals surface area contributed by atoms with Crippen LogP contribution in [0.4, 0.5) is 0 Å². The van der Waals surface area contributed by atoms with Crippen molar-refractivity contribution in [1.82, 2.24) is 15.5 Å². The Kier molecular flexibility index (Phi) is 3.77. The number of rotatable bonds is 3. The van der Waals surface area contributed by atoms with Crippen LogP contribution in [0.5, 0.6) is 0 Å². The number of hydrogen-bond donors (Lipinski definition) is 1. The quantitative estimate of drug-likeness (QED) is 0.817. The first-order chi connectivity index (χ1) is 7.04. The molecule has 0 fully saturated rings. The molecule has 0 unspecified atom stereocenters. The summed E-state index contributed by atoms with van der Waals surface area (Å²) < 4.78 is 0. The molecule has 1 rings (SSSR count). The average Bonchev–Trinajstić information content (AvgIpc) is 2.16. The Labute approximate surface area is 90.1 Å². The van der Waals surface area contributed by atoms with Crippen molar-refractivity contribution in [1.29, 1.82) is 0 Å². The number of nitrogens with zero attached hydrogens (tertiary/aromatic N) is 2. The highest BCUT2D eigenvalue weighted by Gasteiger charge is 2.13. The minimum absolute atomic E-state index is 0.0696. The smallest absolute Gasteiger partial charge is 0.253 e. The van der Waals surface area contributed by atoms with E-state index in [9.17, 15) is 4.79 Å². The summed E-state index contributed by atoms with van der Waals surface area (Å²) in [6, 6.07) is 1.92. The minimum atomic E-state index is -0.0696. The van der Waals surface area contributed by atoms with Crippen LogP contribution in [-0.2, 0) is 6.42 Å². The molecule has 0 aliphatic carbocycles. The SMILES string of the molecule is CCc1nnc(C)cc1C(=O)NC(C)C. The van der Waals surface area contributed by atoms with E-state index in [0.717, 1.165) is 11.4 Å². The van der Waals surface area contributed by atoms with Gasteiger partial charge in [0.05, 0.1) is 17.0 Å². The van der Waals surface area contributed by atoms with Gasteiger partial charge in [-0.15, -0.1) is 0 Å². The van der Waals surface area contributed by atoms with Crippen LogP contribution in [0.2, 0.25) is 0 Å². The second-order valence-corrected chi connectivity index (χ2v) is 3.83. The molecular weight excluding hydrogens is 190 g/mol. The predicted octanol–water partition coefficient (Wildman–Crippen LogP) is 1.49. The number of hydrogen-bond acceptors (Lipinski definition) is 3. The third kappa shape index (κ3) is 3.01. The summed E-state index contributed by atoms with van der Waals surface area (Å²) in [5, 5.41) is 10.8. The van der Waals surface area contributed by atoms with Crippen molar-refractivity contribution >= 4 is 5.91 Å². The first-order valence-electron chi connectivity index (χ1n) is 5.18. The van der Waals surface area contributed by atoms with Gasteiger partial charge in [-0.2, -0.15) is 10.2 Å². The molecule has 0 aromatic carbocycles. The summed E-state index contributed by atoms with van der Waals surface area (Å²) in [6.07, 6.45) is 0.716. The monoisotopic (exact) mass is 207 g/mol. The number of carbonyl (C=O) groups is 1. The van der Waals surface area contributed by atoms with Crippen molar-refractivity contribution in [3.8, 4) is 0 Å². The molecule has 0 aliphatic heterocycles. The van der Waals surface area contributed by atoms with Gasteiger partial charge in [0.1, 0.15) is 0 Å². The van der Waals surface area contributed by atoms with Gasteiger partial charge in [0.25, 0.3) is 5.91 Å². The molecular formula is C11H17N3O. The lowest BCUT2D eigenvalue weighted by Crippen LogP contribution is -2.31. The Morgan fingerprint density at radius 1 is 1.47 bits per heavy atom. The third-order valence-corrected chi connectivity index (χ3v) is 1.99. The maximum absolute atomic E-state index is 11.8. The van der Waals surface area contributed by atoms with Gasteiger partial charge in [0, 0.05) is 6.04 Å². The molecule has 1 amide bonds. The van der Waals surface area contributed by atoms with Crippen LogP contribution < -0.4 is 5.32 Å². The summed E-state index contributed by atoms with van der Waals surface area (Å²) in [5.74, 6) is -0.0696. The van der Waals surface area contributed by atoms with E-state index in [1.165, 1.54) is 0 Å². The van der Waals surface area contributed by atoms with Gasteiger partial charge in [-0.3, -0.25) is 4.79 Å². The lowest BCUT2D eigenvalue weighted by molar-refractivity contribution is 0.0941. The van der Waals surface area contributed by atoms with Crippen LogP contribution in [0.1, 0.15) is 42.5 Å². The molecule has 0 aliphatic rings. The van der Waals surface area contributed by atoms with Crippen molar-refractivity contribution in [2.24, 2.45) is 0 Å². The zero-order chi connectivity index (χ0) is 11.4. The van der Waals surface area contributed by atoms with E-state index in [0.29, 0.717) is 12.0 Å². The Hall–Kier alpha value is -1.45. The Morgan fingerprint density at radius 2 is 2.13 bits per heavy atom. The third-order valence-electron chi connectivity index (χ3n) is 1.99. The molecule has 0 spiro atoms. The van der Waals surface area contributed by atoms with Gasteiger partial charge >= 0.3 is 0 Å². The molecule has 1 heterocycles. The number of nitrogens with one attached hydrogen (secondary N) is 1. The van der Waals surface area contributed by atoms with Crippen LogP contribution in [0.15, 0.2) is 6.07 Å². The second-order valence-electron chi connectivity index (χ2n) is 3.83. The van der Waals surface area contributed by atoms with Crippen LogP contribution in [0.3, 0.4) is 0 Å². The molecule has 0 radical (unpaired) electrons. The molecule has 1 aromatic rings. The Bertz CT molecular complexity index is 361. The van der Waals surface area contributed by atoms with Crippen LogP contribution in [0, 0.1) is 6.92 Å². The lowest BCUT2D eigenvalue weighted by atomic mass is 10.1. The number of amides is 1. The molecule has 0 saturated carbocycles. The molecule has 0 atom stereocenters. The van der Waals surface area contributed by atoms with Crippen LogP contribution in [0.25, 0.3) is 0 Å². The normalized spacial score (nSPS) is 10.5. The number of aryl methyl sites for hydroxylation is 2. The van der Waals surface area contributed by atoms with Gasteiger partial charge in [-0.25, -0.2) is 0 Å². The van der Waals surface area contributed by atoms with Gasteiger partial charge in [-0.05, 0) is 33.3 Å². The fraction of sp³-hybridized carbons (Fsp3) is 0.545. The fourth-order valence-electron chi connectivity index (χ4n) is 1.31. The molecule has 4 heteroatoms. The summed E-state index contributed by atoms with van der Waals surface area (Å²) >= 11 is 0. The van der Waals surface area contributed by atoms with E-state index in [-0.39, 0.29) is 11.9 Å². The zero-order valence-corrected chi connectivity index (χ0v) is 9.66. The largest absolute Gasteiger partial charge is 0.350 e. The maximum Gasteiger partial charge on any atom is 0.253 e. The van der Waals surface area contributed by atoms with Crippen molar-refractivity contribution in [2.45, 2.75) is 40.2 Å². The van der Waals surface area contributed by atoms with Crippen LogP contribution in [-0.4, -0.2) is 22.1 Å². The van der Waals surface area contributed by atoms with Crippen molar-refractivity contribution < 1.29 is 4.79 Å². The summed E-state index contributed by atoms with van der Waals surface area (Å²) in [6.45, 7) is 7.67. The van der Waals surface area contributed by atoms with Crippen molar-refractivity contribution in [2.75, 3.05) is 0 Å². The highest BCUT2D eigenvalue weighted by Crippen LogP contribution is 2.07. The Balaban J connectivity index is 3.00. The molecule has 1 N–H and O–H groups in total. The van der Waals surface area contributed by atoms with Gasteiger partial charge < -0.3 is 5.32 Å². The zero-order valence-electron chi connectivity index (χ0n) is 9.66. The molecule has 1 aromatic heterocycles. The van der Waals surface area contributed by atoms with Gasteiger partial charge in [-0.1, -0.05) is 6.92 Å². The highest BCUT2D eigenvalue weighted by molar-refractivity contribution is 5.95. The van der Waals surface area contributed by atoms with Crippen LogP contribution >= 0.6 is 0 Å². The standard InChI is InChI=1S/C11H17N3O/c1-5-10-9(6-8(4)13-14-10)11(15)12-7(2)3/h6-7H,5H2,1-4H3,(H,12,15). The van der Waals surface area contributed by atoms with E-state index in [1.54, 1.807) is 6.07 Å². The van der Waals surface area contributed by atoms with E-state index in [2.05, 4.69) is 15.5 Å². The molecule has 15 heavy (non-hydrogen) atoms. The minimum Gasteiger partial charge on any atom is -0.350 e. The summed E-state index contributed by atoms with van der Waals surface area (Å²) in [7, 11) is 0. The Morgan fingerprint density at radius 3 is 2.67 bits per heavy atom. The number of carbonyl (C=O) groups excluding carboxylic acids is 1.